The highest BCUT2D eigenvalue weighted by molar-refractivity contribution is 7.98. The Morgan fingerprint density at radius 2 is 2.11 bits per heavy atom. The summed E-state index contributed by atoms with van der Waals surface area (Å²) in [7, 11) is 0. The first kappa shape index (κ1) is 14.1. The topological polar surface area (TPSA) is 74.6 Å². The normalized spacial score (nSPS) is 11.4. The van der Waals surface area contributed by atoms with Crippen molar-refractivity contribution in [3.63, 3.8) is 0 Å². The van der Waals surface area contributed by atoms with Gasteiger partial charge >= 0.3 is 0 Å². The van der Waals surface area contributed by atoms with Crippen LogP contribution in [0.1, 0.15) is 38.5 Å². The van der Waals surface area contributed by atoms with Crippen molar-refractivity contribution in [2.75, 3.05) is 0 Å². The fourth-order valence-corrected chi connectivity index (χ4v) is 3.01. The molecule has 19 heavy (non-hydrogen) atoms. The van der Waals surface area contributed by atoms with E-state index in [2.05, 4.69) is 45.1 Å². The van der Waals surface area contributed by atoms with Crippen LogP contribution in [0, 0.1) is 0 Å². The average molecular weight is 280 g/mol. The number of nitrogens with two attached hydrogens (primary N) is 1. The lowest BCUT2D eigenvalue weighted by molar-refractivity contribution is 0.526. The summed E-state index contributed by atoms with van der Waals surface area (Å²) in [6, 6.07) is 0.307. The highest BCUT2D eigenvalue weighted by Gasteiger charge is 2.14. The highest BCUT2D eigenvalue weighted by atomic mass is 32.2. The van der Waals surface area contributed by atoms with Gasteiger partial charge in [-0.3, -0.25) is 0 Å². The Morgan fingerprint density at radius 1 is 1.32 bits per heavy atom. The van der Waals surface area contributed by atoms with Crippen LogP contribution < -0.4 is 5.73 Å². The van der Waals surface area contributed by atoms with E-state index in [1.54, 1.807) is 11.8 Å². The van der Waals surface area contributed by atoms with Crippen LogP contribution in [0.3, 0.4) is 0 Å². The Bertz CT molecular complexity index is 530. The Morgan fingerprint density at radius 3 is 2.74 bits per heavy atom. The van der Waals surface area contributed by atoms with Crippen LogP contribution in [0.4, 0.5) is 0 Å². The summed E-state index contributed by atoms with van der Waals surface area (Å²) in [4.78, 5) is 4.36. The van der Waals surface area contributed by atoms with E-state index in [0.717, 1.165) is 29.1 Å². The van der Waals surface area contributed by atoms with Crippen LogP contribution in [-0.2, 0) is 18.8 Å². The van der Waals surface area contributed by atoms with E-state index in [1.807, 2.05) is 12.4 Å². The van der Waals surface area contributed by atoms with Gasteiger partial charge in [0.05, 0.1) is 12.3 Å². The number of rotatable bonds is 6. The molecule has 6 nitrogen and oxygen atoms in total. The maximum Gasteiger partial charge on any atom is 0.191 e. The van der Waals surface area contributed by atoms with E-state index < -0.39 is 0 Å². The molecule has 0 atom stereocenters. The van der Waals surface area contributed by atoms with Crippen molar-refractivity contribution < 1.29 is 0 Å². The van der Waals surface area contributed by atoms with E-state index in [4.69, 9.17) is 5.73 Å². The van der Waals surface area contributed by atoms with Crippen LogP contribution in [0.5, 0.6) is 0 Å². The molecule has 0 radical (unpaired) electrons. The van der Waals surface area contributed by atoms with Crippen molar-refractivity contribution in [3.05, 3.63) is 24.0 Å². The zero-order valence-electron chi connectivity index (χ0n) is 11.6. The minimum atomic E-state index is 0.307. The average Bonchev–Trinajstić information content (AvgIpc) is 3.01. The lowest BCUT2D eigenvalue weighted by Crippen LogP contribution is -2.11. The van der Waals surface area contributed by atoms with Gasteiger partial charge < -0.3 is 14.9 Å². The van der Waals surface area contributed by atoms with Gasteiger partial charge in [-0.25, -0.2) is 4.98 Å². The third-order valence-electron chi connectivity index (χ3n) is 2.91. The first-order chi connectivity index (χ1) is 9.17. The largest absolute Gasteiger partial charge is 0.335 e. The van der Waals surface area contributed by atoms with Crippen LogP contribution in [0.15, 0.2) is 17.6 Å². The summed E-state index contributed by atoms with van der Waals surface area (Å²) in [5, 5.41) is 9.26. The predicted octanol–water partition coefficient (Wildman–Crippen LogP) is 1.83. The Hall–Kier alpha value is -1.34. The second kappa shape index (κ2) is 6.21. The molecule has 0 aliphatic rings. The number of imidazole rings is 1. The summed E-state index contributed by atoms with van der Waals surface area (Å²) < 4.78 is 4.22. The molecular formula is C12H20N6S. The third kappa shape index (κ3) is 2.98. The standard InChI is InChI=1S/C12H20N6S/c1-4-17-6-5-14-11(17)8-19-12-16-15-10(7-13)18(12)9(2)3/h5-6,9H,4,7-8,13H2,1-3H3. The van der Waals surface area contributed by atoms with Crippen molar-refractivity contribution in [1.82, 2.24) is 24.3 Å². The predicted molar refractivity (Wildman–Crippen MR) is 75.8 cm³/mol. The first-order valence-electron chi connectivity index (χ1n) is 6.44. The molecule has 0 saturated carbocycles. The molecule has 0 spiro atoms. The van der Waals surface area contributed by atoms with Crippen molar-refractivity contribution in [2.24, 2.45) is 5.73 Å². The van der Waals surface area contributed by atoms with Gasteiger partial charge in [-0.1, -0.05) is 11.8 Å². The molecule has 2 N–H and O–H groups in total. The summed E-state index contributed by atoms with van der Waals surface area (Å²) in [6.07, 6.45) is 3.83. The molecule has 7 heteroatoms. The lowest BCUT2D eigenvalue weighted by atomic mass is 10.4. The van der Waals surface area contributed by atoms with Gasteiger partial charge in [-0.15, -0.1) is 10.2 Å². The molecule has 104 valence electrons. The molecule has 0 bridgehead atoms. The maximum atomic E-state index is 5.69. The number of hydrogen-bond donors (Lipinski definition) is 1. The van der Waals surface area contributed by atoms with E-state index in [0.29, 0.717) is 12.6 Å². The Kier molecular flexibility index (Phi) is 4.60. The van der Waals surface area contributed by atoms with Crippen LogP contribution in [0.2, 0.25) is 0 Å². The third-order valence-corrected chi connectivity index (χ3v) is 3.85. The van der Waals surface area contributed by atoms with Crippen molar-refractivity contribution >= 4 is 11.8 Å². The molecule has 2 rings (SSSR count). The quantitative estimate of drug-likeness (QED) is 0.817. The Labute approximate surface area is 117 Å². The second-order valence-corrected chi connectivity index (χ2v) is 5.43. The smallest absolute Gasteiger partial charge is 0.191 e. The van der Waals surface area contributed by atoms with Crippen LogP contribution in [-0.4, -0.2) is 24.3 Å². The lowest BCUT2D eigenvalue weighted by Gasteiger charge is -2.12. The summed E-state index contributed by atoms with van der Waals surface area (Å²) in [6.45, 7) is 7.67. The molecular weight excluding hydrogens is 260 g/mol. The molecule has 0 unspecified atom stereocenters. The van der Waals surface area contributed by atoms with Gasteiger partial charge in [0.2, 0.25) is 0 Å². The number of hydrogen-bond acceptors (Lipinski definition) is 5. The molecule has 2 aromatic rings. The number of thioether (sulfide) groups is 1. The zero-order chi connectivity index (χ0) is 13.8. The van der Waals surface area contributed by atoms with E-state index in [9.17, 15) is 0 Å². The summed E-state index contributed by atoms with van der Waals surface area (Å²) >= 11 is 1.65. The molecule has 0 saturated heterocycles. The molecule has 0 fully saturated rings. The van der Waals surface area contributed by atoms with Gasteiger partial charge in [-0.2, -0.15) is 0 Å². The van der Waals surface area contributed by atoms with Crippen molar-refractivity contribution in [2.45, 2.75) is 50.8 Å². The number of nitrogens with zero attached hydrogens (tertiary/aromatic N) is 5. The van der Waals surface area contributed by atoms with Crippen molar-refractivity contribution in [3.8, 4) is 0 Å². The zero-order valence-corrected chi connectivity index (χ0v) is 12.4. The minimum Gasteiger partial charge on any atom is -0.335 e. The fraction of sp³-hybridized carbons (Fsp3) is 0.583. The number of aryl methyl sites for hydroxylation is 1. The van der Waals surface area contributed by atoms with Gasteiger partial charge in [0.25, 0.3) is 0 Å². The van der Waals surface area contributed by atoms with Gasteiger partial charge in [0, 0.05) is 25.0 Å². The summed E-state index contributed by atoms with van der Waals surface area (Å²) in [5.74, 6) is 2.67. The Balaban J connectivity index is 2.13. The van der Waals surface area contributed by atoms with Gasteiger partial charge in [0.1, 0.15) is 11.6 Å². The molecule has 0 aromatic carbocycles. The minimum absolute atomic E-state index is 0.307. The molecule has 2 heterocycles. The maximum absolute atomic E-state index is 5.69. The van der Waals surface area contributed by atoms with Crippen LogP contribution in [0.25, 0.3) is 0 Å². The van der Waals surface area contributed by atoms with Crippen LogP contribution >= 0.6 is 11.8 Å². The van der Waals surface area contributed by atoms with Gasteiger partial charge in [-0.05, 0) is 20.8 Å². The van der Waals surface area contributed by atoms with E-state index in [-0.39, 0.29) is 0 Å². The van der Waals surface area contributed by atoms with Gasteiger partial charge in [0.15, 0.2) is 5.16 Å². The fourth-order valence-electron chi connectivity index (χ4n) is 1.96. The molecule has 2 aromatic heterocycles. The van der Waals surface area contributed by atoms with E-state index in [1.165, 1.54) is 0 Å². The molecule has 0 aliphatic heterocycles. The van der Waals surface area contributed by atoms with Crippen molar-refractivity contribution in [1.29, 1.82) is 0 Å². The molecule has 0 aliphatic carbocycles. The first-order valence-corrected chi connectivity index (χ1v) is 7.42. The SMILES string of the molecule is CCn1ccnc1CSc1nnc(CN)n1C(C)C. The highest BCUT2D eigenvalue weighted by Crippen LogP contribution is 2.24. The monoisotopic (exact) mass is 280 g/mol. The number of aromatic nitrogens is 5. The summed E-state index contributed by atoms with van der Waals surface area (Å²) in [5.41, 5.74) is 5.69. The molecule has 0 amide bonds. The van der Waals surface area contributed by atoms with E-state index >= 15 is 0 Å². The second-order valence-electron chi connectivity index (χ2n) is 4.48.